The Morgan fingerprint density at radius 2 is 1.39 bits per heavy atom. The van der Waals surface area contributed by atoms with Gasteiger partial charge in [-0.2, -0.15) is 0 Å². The van der Waals surface area contributed by atoms with Crippen LogP contribution in [0.15, 0.2) is 72.8 Å². The summed E-state index contributed by atoms with van der Waals surface area (Å²) in [6.45, 7) is 0. The molecule has 7 rings (SSSR count). The number of imide groups is 1. The van der Waals surface area contributed by atoms with E-state index in [1.165, 1.54) is 0 Å². The highest BCUT2D eigenvalue weighted by Gasteiger charge is 2.71. The zero-order valence-corrected chi connectivity index (χ0v) is 16.9. The van der Waals surface area contributed by atoms with Gasteiger partial charge in [0.25, 0.3) is 0 Å². The van der Waals surface area contributed by atoms with Gasteiger partial charge in [-0.05, 0) is 46.5 Å². The van der Waals surface area contributed by atoms with Crippen molar-refractivity contribution in [3.8, 4) is 0 Å². The second-order valence-electron chi connectivity index (χ2n) is 8.26. The number of amides is 2. The van der Waals surface area contributed by atoms with Crippen LogP contribution in [0.2, 0.25) is 5.02 Å². The zero-order chi connectivity index (χ0) is 21.5. The van der Waals surface area contributed by atoms with Gasteiger partial charge in [-0.1, -0.05) is 60.1 Å². The monoisotopic (exact) mass is 429 g/mol. The summed E-state index contributed by atoms with van der Waals surface area (Å²) in [5.74, 6) is -4.11. The van der Waals surface area contributed by atoms with Crippen LogP contribution in [0, 0.1) is 11.8 Å². The number of aliphatic carboxylic acids is 1. The van der Waals surface area contributed by atoms with Crippen LogP contribution in [0.4, 0.5) is 5.69 Å². The fourth-order valence-corrected chi connectivity index (χ4v) is 6.11. The second-order valence-corrected chi connectivity index (χ2v) is 8.69. The topological polar surface area (TPSA) is 74.7 Å². The largest absolute Gasteiger partial charge is 0.480 e. The van der Waals surface area contributed by atoms with Crippen molar-refractivity contribution in [1.82, 2.24) is 0 Å². The zero-order valence-electron chi connectivity index (χ0n) is 16.2. The van der Waals surface area contributed by atoms with Crippen molar-refractivity contribution in [2.24, 2.45) is 11.8 Å². The summed E-state index contributed by atoms with van der Waals surface area (Å²) < 4.78 is 0. The molecular weight excluding hydrogens is 414 g/mol. The molecule has 6 heteroatoms. The standard InChI is InChI=1S/C25H16ClNO4/c26-13-9-11-14(12-10-13)27-22(28)20-19-15-5-1-3-7-17(15)25(24(30)31,21(20)23(27)29)18-8-4-2-6-16(18)19/h1-12,19-21H,(H,30,31)/t19?,20-,21+,25?/m0/s1. The summed E-state index contributed by atoms with van der Waals surface area (Å²) in [5.41, 5.74) is 1.62. The van der Waals surface area contributed by atoms with E-state index in [1.54, 1.807) is 48.5 Å². The summed E-state index contributed by atoms with van der Waals surface area (Å²) in [6.07, 6.45) is 0. The predicted molar refractivity (Wildman–Crippen MR) is 114 cm³/mol. The van der Waals surface area contributed by atoms with E-state index in [0.717, 1.165) is 16.0 Å². The number of anilines is 1. The van der Waals surface area contributed by atoms with E-state index in [-0.39, 0.29) is 11.8 Å². The highest BCUT2D eigenvalue weighted by Crippen LogP contribution is 2.64. The first kappa shape index (κ1) is 18.3. The third-order valence-corrected chi connectivity index (χ3v) is 7.29. The van der Waals surface area contributed by atoms with E-state index in [0.29, 0.717) is 21.8 Å². The fourth-order valence-electron chi connectivity index (χ4n) is 5.98. The van der Waals surface area contributed by atoms with Crippen LogP contribution in [-0.2, 0) is 19.8 Å². The molecule has 2 atom stereocenters. The maximum Gasteiger partial charge on any atom is 0.319 e. The van der Waals surface area contributed by atoms with Crippen LogP contribution < -0.4 is 4.90 Å². The normalized spacial score (nSPS) is 27.6. The van der Waals surface area contributed by atoms with Gasteiger partial charge in [0.1, 0.15) is 5.41 Å². The Morgan fingerprint density at radius 3 is 1.94 bits per heavy atom. The Kier molecular flexibility index (Phi) is 3.58. The number of carbonyl (C=O) groups excluding carboxylic acids is 2. The molecule has 0 spiro atoms. The summed E-state index contributed by atoms with van der Waals surface area (Å²) in [6, 6.07) is 21.1. The minimum Gasteiger partial charge on any atom is -0.480 e. The third kappa shape index (κ3) is 2.04. The number of hydrogen-bond acceptors (Lipinski definition) is 3. The van der Waals surface area contributed by atoms with Gasteiger partial charge in [-0.25, -0.2) is 4.90 Å². The highest BCUT2D eigenvalue weighted by molar-refractivity contribution is 6.31. The molecule has 5 nitrogen and oxygen atoms in total. The van der Waals surface area contributed by atoms with Gasteiger partial charge in [-0.3, -0.25) is 14.4 Å². The molecule has 2 amide bonds. The number of carboxylic acid groups (broad SMARTS) is 1. The van der Waals surface area contributed by atoms with Gasteiger partial charge in [-0.15, -0.1) is 0 Å². The van der Waals surface area contributed by atoms with E-state index < -0.39 is 29.1 Å². The number of hydrogen-bond donors (Lipinski definition) is 1. The smallest absolute Gasteiger partial charge is 0.319 e. The van der Waals surface area contributed by atoms with Crippen molar-refractivity contribution in [3.05, 3.63) is 100 Å². The van der Waals surface area contributed by atoms with E-state index in [2.05, 4.69) is 0 Å². The molecule has 0 saturated carbocycles. The van der Waals surface area contributed by atoms with Gasteiger partial charge >= 0.3 is 5.97 Å². The molecule has 1 N–H and O–H groups in total. The van der Waals surface area contributed by atoms with Gasteiger partial charge in [0.05, 0.1) is 17.5 Å². The molecule has 31 heavy (non-hydrogen) atoms. The molecule has 1 saturated heterocycles. The summed E-state index contributed by atoms with van der Waals surface area (Å²) >= 11 is 5.99. The van der Waals surface area contributed by atoms with Crippen LogP contribution in [-0.4, -0.2) is 22.9 Å². The molecule has 0 radical (unpaired) electrons. The van der Waals surface area contributed by atoms with E-state index in [9.17, 15) is 19.5 Å². The molecule has 0 unspecified atom stereocenters. The number of halogens is 1. The number of rotatable bonds is 2. The lowest BCUT2D eigenvalue weighted by Gasteiger charge is -2.51. The molecule has 4 aliphatic rings. The maximum atomic E-state index is 13.8. The highest BCUT2D eigenvalue weighted by atomic mass is 35.5. The molecular formula is C25H16ClNO4. The molecule has 3 aromatic rings. The number of nitrogens with zero attached hydrogens (tertiary/aromatic N) is 1. The minimum absolute atomic E-state index is 0.364. The number of carbonyl (C=O) groups is 3. The quantitative estimate of drug-likeness (QED) is 0.625. The van der Waals surface area contributed by atoms with E-state index in [4.69, 9.17) is 11.6 Å². The van der Waals surface area contributed by atoms with Crippen molar-refractivity contribution >= 4 is 35.1 Å². The Hall–Kier alpha value is -3.44. The lowest BCUT2D eigenvalue weighted by Crippen LogP contribution is -2.57. The molecule has 1 aliphatic heterocycles. The predicted octanol–water partition coefficient (Wildman–Crippen LogP) is 3.98. The van der Waals surface area contributed by atoms with Crippen molar-refractivity contribution in [3.63, 3.8) is 0 Å². The van der Waals surface area contributed by atoms with Crippen LogP contribution >= 0.6 is 11.6 Å². The molecule has 3 aliphatic carbocycles. The first-order chi connectivity index (χ1) is 15.0. The van der Waals surface area contributed by atoms with Crippen molar-refractivity contribution in [2.75, 3.05) is 4.90 Å². The average Bonchev–Trinajstić information content (AvgIpc) is 3.05. The Bertz CT molecular complexity index is 1250. The van der Waals surface area contributed by atoms with Gasteiger partial charge in [0.15, 0.2) is 0 Å². The van der Waals surface area contributed by atoms with Gasteiger partial charge < -0.3 is 5.11 Å². The SMILES string of the molecule is O=C1[C@H]2C3c4ccccc4C(C(=O)O)(c4ccccc43)[C@H]2C(=O)N1c1ccc(Cl)cc1. The van der Waals surface area contributed by atoms with E-state index in [1.807, 2.05) is 24.3 Å². The Labute approximate surface area is 182 Å². The second kappa shape index (κ2) is 6.05. The molecule has 3 aromatic carbocycles. The summed E-state index contributed by atoms with van der Waals surface area (Å²) in [5, 5.41) is 11.1. The fraction of sp³-hybridized carbons (Fsp3) is 0.160. The first-order valence-electron chi connectivity index (χ1n) is 10.0. The minimum atomic E-state index is -1.61. The van der Waals surface area contributed by atoms with Crippen molar-refractivity contribution in [1.29, 1.82) is 0 Å². The first-order valence-corrected chi connectivity index (χ1v) is 10.4. The van der Waals surface area contributed by atoms with Gasteiger partial charge in [0, 0.05) is 10.9 Å². The van der Waals surface area contributed by atoms with Crippen LogP contribution in [0.5, 0.6) is 0 Å². The third-order valence-electron chi connectivity index (χ3n) is 7.04. The average molecular weight is 430 g/mol. The number of carboxylic acids is 1. The molecule has 2 bridgehead atoms. The van der Waals surface area contributed by atoms with E-state index >= 15 is 0 Å². The van der Waals surface area contributed by atoms with Crippen LogP contribution in [0.1, 0.15) is 28.2 Å². The van der Waals surface area contributed by atoms with Gasteiger partial charge in [0.2, 0.25) is 11.8 Å². The summed E-state index contributed by atoms with van der Waals surface area (Å²) in [4.78, 5) is 41.6. The Balaban J connectivity index is 1.67. The summed E-state index contributed by atoms with van der Waals surface area (Å²) in [7, 11) is 0. The lowest BCUT2D eigenvalue weighted by molar-refractivity contribution is -0.149. The lowest BCUT2D eigenvalue weighted by atomic mass is 9.47. The number of benzene rings is 3. The molecule has 1 heterocycles. The van der Waals surface area contributed by atoms with Crippen LogP contribution in [0.25, 0.3) is 0 Å². The molecule has 152 valence electrons. The van der Waals surface area contributed by atoms with Crippen molar-refractivity contribution in [2.45, 2.75) is 11.3 Å². The van der Waals surface area contributed by atoms with Crippen LogP contribution in [0.3, 0.4) is 0 Å². The molecule has 1 fully saturated rings. The Morgan fingerprint density at radius 1 is 0.839 bits per heavy atom. The molecule has 0 aromatic heterocycles. The van der Waals surface area contributed by atoms with Crippen molar-refractivity contribution < 1.29 is 19.5 Å². The maximum absolute atomic E-state index is 13.8.